The molecule has 0 spiro atoms. The maximum atomic E-state index is 10.8. The summed E-state index contributed by atoms with van der Waals surface area (Å²) in [6.07, 6.45) is 2.19. The third-order valence-corrected chi connectivity index (χ3v) is 4.14. The molecular weight excluding hydrogens is 220 g/mol. The molecule has 1 aliphatic rings. The number of unbranched alkanes of at least 4 members (excludes halogenated alkanes) is 1. The molecule has 4 nitrogen and oxygen atoms in total. The predicted octanol–water partition coefficient (Wildman–Crippen LogP) is 0.0476. The van der Waals surface area contributed by atoms with Gasteiger partial charge in [0.05, 0.1) is 17.5 Å². The highest BCUT2D eigenvalue weighted by Gasteiger charge is 2.33. The summed E-state index contributed by atoms with van der Waals surface area (Å²) in [6.45, 7) is 2.96. The second-order valence-electron chi connectivity index (χ2n) is 3.53. The van der Waals surface area contributed by atoms with Gasteiger partial charge in [0.15, 0.2) is 14.9 Å². The molecule has 0 aromatic rings. The van der Waals surface area contributed by atoms with Crippen LogP contribution >= 0.6 is 12.2 Å². The van der Waals surface area contributed by atoms with E-state index in [0.717, 1.165) is 19.4 Å². The lowest BCUT2D eigenvalue weighted by Crippen LogP contribution is -2.55. The fraction of sp³-hybridized carbons (Fsp3) is 0.875. The molecule has 14 heavy (non-hydrogen) atoms. The molecule has 0 aromatic carbocycles. The Morgan fingerprint density at radius 3 is 2.64 bits per heavy atom. The molecule has 1 saturated heterocycles. The van der Waals surface area contributed by atoms with Crippen molar-refractivity contribution in [2.45, 2.75) is 25.8 Å². The van der Waals surface area contributed by atoms with Crippen molar-refractivity contribution >= 4 is 27.2 Å². The molecule has 0 amide bonds. The molecule has 1 rings (SSSR count). The van der Waals surface area contributed by atoms with E-state index in [4.69, 9.17) is 12.2 Å². The van der Waals surface area contributed by atoms with Crippen LogP contribution < -0.4 is 10.6 Å². The Kier molecular flexibility index (Phi) is 4.12. The molecule has 2 N–H and O–H groups in total. The average molecular weight is 236 g/mol. The minimum absolute atomic E-state index is 0.0154. The third kappa shape index (κ3) is 3.79. The monoisotopic (exact) mass is 236 g/mol. The molecule has 0 unspecified atom stereocenters. The first-order valence-corrected chi connectivity index (χ1v) is 7.01. The number of rotatable bonds is 4. The van der Waals surface area contributed by atoms with Crippen molar-refractivity contribution in [3.05, 3.63) is 0 Å². The fourth-order valence-electron chi connectivity index (χ4n) is 1.26. The lowest BCUT2D eigenvalue weighted by molar-refractivity contribution is 0.549. The summed E-state index contributed by atoms with van der Waals surface area (Å²) in [6, 6.07) is 0.0154. The van der Waals surface area contributed by atoms with Crippen molar-refractivity contribution in [1.82, 2.24) is 10.6 Å². The summed E-state index contributed by atoms with van der Waals surface area (Å²) in [4.78, 5) is 0. The molecule has 0 atom stereocenters. The molecule has 0 aromatic heterocycles. The molecule has 0 bridgehead atoms. The van der Waals surface area contributed by atoms with E-state index in [-0.39, 0.29) is 17.5 Å². The zero-order valence-electron chi connectivity index (χ0n) is 8.25. The molecule has 0 saturated carbocycles. The van der Waals surface area contributed by atoms with Gasteiger partial charge in [0.1, 0.15) is 0 Å². The Hall–Kier alpha value is -0.360. The van der Waals surface area contributed by atoms with Crippen molar-refractivity contribution in [3.8, 4) is 0 Å². The van der Waals surface area contributed by atoms with Crippen molar-refractivity contribution in [1.29, 1.82) is 0 Å². The minimum Gasteiger partial charge on any atom is -0.363 e. The Balaban J connectivity index is 2.10. The van der Waals surface area contributed by atoms with E-state index in [2.05, 4.69) is 17.6 Å². The topological polar surface area (TPSA) is 58.2 Å². The highest BCUT2D eigenvalue weighted by atomic mass is 32.2. The number of hydrogen-bond donors (Lipinski definition) is 2. The van der Waals surface area contributed by atoms with Crippen molar-refractivity contribution in [3.63, 3.8) is 0 Å². The lowest BCUT2D eigenvalue weighted by Gasteiger charge is -2.27. The summed E-state index contributed by atoms with van der Waals surface area (Å²) >= 11 is 5.00. The van der Waals surface area contributed by atoms with Gasteiger partial charge in [0, 0.05) is 6.54 Å². The molecule has 1 fully saturated rings. The SMILES string of the molecule is CCCCNC(=S)NC1CS(=O)(=O)C1. The first kappa shape index (κ1) is 11.7. The zero-order chi connectivity index (χ0) is 10.6. The van der Waals surface area contributed by atoms with Gasteiger partial charge in [-0.1, -0.05) is 13.3 Å². The Labute approximate surface area is 90.4 Å². The smallest absolute Gasteiger partial charge is 0.166 e. The summed E-state index contributed by atoms with van der Waals surface area (Å²) < 4.78 is 21.7. The normalized spacial score (nSPS) is 19.8. The highest BCUT2D eigenvalue weighted by molar-refractivity contribution is 7.92. The second-order valence-corrected chi connectivity index (χ2v) is 6.09. The predicted molar refractivity (Wildman–Crippen MR) is 61.1 cm³/mol. The fourth-order valence-corrected chi connectivity index (χ4v) is 2.83. The van der Waals surface area contributed by atoms with Crippen LogP contribution in [0.15, 0.2) is 0 Å². The Morgan fingerprint density at radius 1 is 1.50 bits per heavy atom. The van der Waals surface area contributed by atoms with Gasteiger partial charge < -0.3 is 10.6 Å². The van der Waals surface area contributed by atoms with Gasteiger partial charge in [-0.25, -0.2) is 8.42 Å². The first-order chi connectivity index (χ1) is 6.53. The lowest BCUT2D eigenvalue weighted by atomic mass is 10.3. The van der Waals surface area contributed by atoms with Crippen LogP contribution in [0.1, 0.15) is 19.8 Å². The maximum Gasteiger partial charge on any atom is 0.166 e. The Morgan fingerprint density at radius 2 is 2.14 bits per heavy atom. The van der Waals surface area contributed by atoms with Crippen molar-refractivity contribution < 1.29 is 8.42 Å². The van der Waals surface area contributed by atoms with E-state index in [1.165, 1.54) is 0 Å². The van der Waals surface area contributed by atoms with Crippen LogP contribution in [0.3, 0.4) is 0 Å². The average Bonchev–Trinajstić information content (AvgIpc) is 2.01. The van der Waals surface area contributed by atoms with Gasteiger partial charge in [-0.05, 0) is 18.6 Å². The molecule has 82 valence electrons. The van der Waals surface area contributed by atoms with Gasteiger partial charge in [-0.3, -0.25) is 0 Å². The van der Waals surface area contributed by atoms with Crippen LogP contribution in [-0.2, 0) is 9.84 Å². The first-order valence-electron chi connectivity index (χ1n) is 4.78. The van der Waals surface area contributed by atoms with E-state index in [1.807, 2.05) is 0 Å². The van der Waals surface area contributed by atoms with Gasteiger partial charge in [-0.15, -0.1) is 0 Å². The van der Waals surface area contributed by atoms with E-state index in [0.29, 0.717) is 5.11 Å². The highest BCUT2D eigenvalue weighted by Crippen LogP contribution is 2.09. The van der Waals surface area contributed by atoms with Gasteiger partial charge >= 0.3 is 0 Å². The molecule has 0 aliphatic carbocycles. The number of nitrogens with one attached hydrogen (secondary N) is 2. The largest absolute Gasteiger partial charge is 0.363 e. The summed E-state index contributed by atoms with van der Waals surface area (Å²) in [5.41, 5.74) is 0. The second kappa shape index (κ2) is 4.93. The van der Waals surface area contributed by atoms with Crippen LogP contribution in [-0.4, -0.2) is 37.6 Å². The van der Waals surface area contributed by atoms with E-state index < -0.39 is 9.84 Å². The van der Waals surface area contributed by atoms with E-state index in [9.17, 15) is 8.42 Å². The molecule has 1 aliphatic heterocycles. The molecule has 1 heterocycles. The zero-order valence-corrected chi connectivity index (χ0v) is 9.88. The molecular formula is C8H16N2O2S2. The van der Waals surface area contributed by atoms with Crippen LogP contribution in [0.2, 0.25) is 0 Å². The minimum atomic E-state index is -2.75. The standard InChI is InChI=1S/C8H16N2O2S2/c1-2-3-4-9-8(13)10-7-5-14(11,12)6-7/h7H,2-6H2,1H3,(H2,9,10,13). The van der Waals surface area contributed by atoms with Crippen LogP contribution in [0, 0.1) is 0 Å². The van der Waals surface area contributed by atoms with E-state index in [1.54, 1.807) is 0 Å². The quantitative estimate of drug-likeness (QED) is 0.533. The Bertz CT molecular complexity index is 288. The molecule has 0 radical (unpaired) electrons. The van der Waals surface area contributed by atoms with Crippen molar-refractivity contribution in [2.24, 2.45) is 0 Å². The van der Waals surface area contributed by atoms with Gasteiger partial charge in [0.2, 0.25) is 0 Å². The van der Waals surface area contributed by atoms with Gasteiger partial charge in [-0.2, -0.15) is 0 Å². The summed E-state index contributed by atoms with van der Waals surface area (Å²) in [5, 5.41) is 6.58. The summed E-state index contributed by atoms with van der Waals surface area (Å²) in [5.74, 6) is 0.422. The number of hydrogen-bond acceptors (Lipinski definition) is 3. The summed E-state index contributed by atoms with van der Waals surface area (Å²) in [7, 11) is -2.75. The van der Waals surface area contributed by atoms with Crippen LogP contribution in [0.5, 0.6) is 0 Å². The van der Waals surface area contributed by atoms with Gasteiger partial charge in [0.25, 0.3) is 0 Å². The van der Waals surface area contributed by atoms with Crippen molar-refractivity contribution in [2.75, 3.05) is 18.1 Å². The van der Waals surface area contributed by atoms with E-state index >= 15 is 0 Å². The van der Waals surface area contributed by atoms with Crippen LogP contribution in [0.4, 0.5) is 0 Å². The maximum absolute atomic E-state index is 10.8. The molecule has 6 heteroatoms. The number of thiocarbonyl (C=S) groups is 1. The third-order valence-electron chi connectivity index (χ3n) is 2.06. The number of sulfone groups is 1. The van der Waals surface area contributed by atoms with Crippen LogP contribution in [0.25, 0.3) is 0 Å².